The molecule has 2 heterocycles. The van der Waals surface area contributed by atoms with Gasteiger partial charge >= 0.3 is 6.36 Å². The third-order valence-corrected chi connectivity index (χ3v) is 5.75. The highest BCUT2D eigenvalue weighted by Gasteiger charge is 2.31. The molecule has 2 aromatic carbocycles. The maximum absolute atomic E-state index is 13.2. The summed E-state index contributed by atoms with van der Waals surface area (Å²) in [6.07, 6.45) is -2.09. The normalized spacial score (nSPS) is 11.4. The second-order valence-electron chi connectivity index (χ2n) is 8.63. The first-order chi connectivity index (χ1) is 18.0. The van der Waals surface area contributed by atoms with Crippen LogP contribution in [-0.2, 0) is 11.2 Å². The van der Waals surface area contributed by atoms with E-state index in [2.05, 4.69) is 20.1 Å². The molecular formula is C26H24F3N5O4. The van der Waals surface area contributed by atoms with Crippen molar-refractivity contribution in [1.82, 2.24) is 19.7 Å². The number of aromatic nitrogens is 3. The molecule has 0 spiro atoms. The molecule has 38 heavy (non-hydrogen) atoms. The van der Waals surface area contributed by atoms with Crippen LogP contribution in [0.2, 0.25) is 0 Å². The molecule has 0 aliphatic rings. The highest BCUT2D eigenvalue weighted by Crippen LogP contribution is 2.26. The number of hydrogen-bond acceptors (Lipinski definition) is 6. The molecule has 0 aliphatic heterocycles. The Morgan fingerprint density at radius 1 is 1.05 bits per heavy atom. The number of aromatic amines is 1. The molecule has 0 aliphatic carbocycles. The number of nitrogens with zero attached hydrogens (tertiary/aromatic N) is 3. The van der Waals surface area contributed by atoms with Gasteiger partial charge in [-0.25, -0.2) is 0 Å². The zero-order valence-electron chi connectivity index (χ0n) is 20.5. The first-order valence-corrected chi connectivity index (χ1v) is 11.6. The Balaban J connectivity index is 1.73. The van der Waals surface area contributed by atoms with Crippen LogP contribution in [0.25, 0.3) is 16.5 Å². The van der Waals surface area contributed by atoms with Gasteiger partial charge < -0.3 is 19.9 Å². The lowest BCUT2D eigenvalue weighted by atomic mass is 10.1. The maximum Gasteiger partial charge on any atom is 0.573 e. The molecule has 12 heteroatoms. The fraction of sp³-hybridized carbons (Fsp3) is 0.231. The van der Waals surface area contributed by atoms with Crippen LogP contribution in [0.1, 0.15) is 18.4 Å². The number of H-pyrrole nitrogens is 1. The van der Waals surface area contributed by atoms with E-state index in [1.54, 1.807) is 44.4 Å². The highest BCUT2D eigenvalue weighted by molar-refractivity contribution is 5.92. The first-order valence-electron chi connectivity index (χ1n) is 11.6. The first kappa shape index (κ1) is 26.5. The van der Waals surface area contributed by atoms with E-state index < -0.39 is 23.2 Å². The van der Waals surface area contributed by atoms with Gasteiger partial charge in [-0.15, -0.1) is 18.3 Å². The monoisotopic (exact) mass is 527 g/mol. The third-order valence-electron chi connectivity index (χ3n) is 5.75. The highest BCUT2D eigenvalue weighted by atomic mass is 19.4. The van der Waals surface area contributed by atoms with Crippen LogP contribution in [0.3, 0.4) is 0 Å². The van der Waals surface area contributed by atoms with Crippen LogP contribution in [0.5, 0.6) is 5.75 Å². The average molecular weight is 528 g/mol. The van der Waals surface area contributed by atoms with Crippen LogP contribution in [0, 0.1) is 0 Å². The van der Waals surface area contributed by atoms with E-state index in [-0.39, 0.29) is 28.5 Å². The van der Waals surface area contributed by atoms with Gasteiger partial charge in [0.25, 0.3) is 11.1 Å². The molecule has 0 atom stereocenters. The second-order valence-corrected chi connectivity index (χ2v) is 8.63. The van der Waals surface area contributed by atoms with Gasteiger partial charge in [-0.2, -0.15) is 4.68 Å². The molecular weight excluding hydrogens is 503 g/mol. The van der Waals surface area contributed by atoms with Crippen LogP contribution >= 0.6 is 0 Å². The Morgan fingerprint density at radius 2 is 1.74 bits per heavy atom. The number of ether oxygens (including phenoxy) is 1. The predicted molar refractivity (Wildman–Crippen MR) is 136 cm³/mol. The van der Waals surface area contributed by atoms with E-state index in [0.29, 0.717) is 30.2 Å². The van der Waals surface area contributed by atoms with Crippen molar-refractivity contribution in [3.8, 4) is 11.4 Å². The number of carbonyl (C=O) groups is 1. The van der Waals surface area contributed by atoms with Gasteiger partial charge in [0.05, 0.1) is 11.1 Å². The summed E-state index contributed by atoms with van der Waals surface area (Å²) < 4.78 is 42.5. The van der Waals surface area contributed by atoms with Crippen LogP contribution in [-0.4, -0.2) is 46.0 Å². The van der Waals surface area contributed by atoms with Crippen molar-refractivity contribution in [2.75, 3.05) is 19.4 Å². The number of hydrogen-bond donors (Lipinski definition) is 2. The second kappa shape index (κ2) is 10.8. The summed E-state index contributed by atoms with van der Waals surface area (Å²) in [5.74, 6) is -0.282. The van der Waals surface area contributed by atoms with Gasteiger partial charge in [-0.05, 0) is 54.8 Å². The number of halogens is 3. The van der Waals surface area contributed by atoms with E-state index in [1.807, 2.05) is 0 Å². The summed E-state index contributed by atoms with van der Waals surface area (Å²) in [5, 5.41) is 8.17. The number of pyridine rings is 1. The zero-order chi connectivity index (χ0) is 27.4. The van der Waals surface area contributed by atoms with Gasteiger partial charge in [0.2, 0.25) is 5.91 Å². The van der Waals surface area contributed by atoms with E-state index >= 15 is 0 Å². The maximum atomic E-state index is 13.2. The van der Waals surface area contributed by atoms with Crippen molar-refractivity contribution in [1.29, 1.82) is 0 Å². The van der Waals surface area contributed by atoms with E-state index in [4.69, 9.17) is 0 Å². The molecule has 4 aromatic rings. The summed E-state index contributed by atoms with van der Waals surface area (Å²) in [5.41, 5.74) is 0.139. The van der Waals surface area contributed by atoms with Gasteiger partial charge in [0.1, 0.15) is 11.4 Å². The predicted octanol–water partition coefficient (Wildman–Crippen LogP) is 4.13. The molecule has 198 valence electrons. The number of anilines is 2. The largest absolute Gasteiger partial charge is 0.573 e. The number of rotatable bonds is 8. The molecule has 2 aromatic heterocycles. The van der Waals surface area contributed by atoms with Crippen molar-refractivity contribution in [2.45, 2.75) is 25.6 Å². The van der Waals surface area contributed by atoms with Crippen molar-refractivity contribution in [3.05, 3.63) is 87.1 Å². The third kappa shape index (κ3) is 6.02. The molecule has 2 N–H and O–H groups in total. The number of benzene rings is 2. The van der Waals surface area contributed by atoms with Crippen LogP contribution in [0.4, 0.5) is 24.7 Å². The van der Waals surface area contributed by atoms with Gasteiger partial charge in [-0.1, -0.05) is 18.2 Å². The van der Waals surface area contributed by atoms with E-state index in [0.717, 1.165) is 16.8 Å². The summed E-state index contributed by atoms with van der Waals surface area (Å²) in [7, 11) is 3.34. The molecule has 0 radical (unpaired) electrons. The fourth-order valence-electron chi connectivity index (χ4n) is 3.88. The zero-order valence-corrected chi connectivity index (χ0v) is 20.5. The molecule has 0 saturated carbocycles. The molecule has 4 rings (SSSR count). The van der Waals surface area contributed by atoms with Crippen molar-refractivity contribution < 1.29 is 22.7 Å². The molecule has 9 nitrogen and oxygen atoms in total. The van der Waals surface area contributed by atoms with E-state index in [9.17, 15) is 27.6 Å². The number of aryl methyl sites for hydroxylation is 1. The lowest BCUT2D eigenvalue weighted by Gasteiger charge is -2.15. The molecule has 0 saturated heterocycles. The summed E-state index contributed by atoms with van der Waals surface area (Å²) in [6, 6.07) is 13.1. The quantitative estimate of drug-likeness (QED) is 0.357. The standard InChI is InChI=1S/C26H24F3N5O4/c1-33(2)21(35)9-5-6-16-14-15-30-24(36)22(16)31-23-19-7-3-4-8-20(19)25(37)34(32-23)17-10-12-18(13-11-17)38-26(27,28)29/h3-4,7-8,10-15H,5-6,9H2,1-2H3,(H,30,36)(H,31,32). The summed E-state index contributed by atoms with van der Waals surface area (Å²) in [4.78, 5) is 42.0. The lowest BCUT2D eigenvalue weighted by molar-refractivity contribution is -0.274. The smallest absolute Gasteiger partial charge is 0.406 e. The Kier molecular flexibility index (Phi) is 7.51. The average Bonchev–Trinajstić information content (AvgIpc) is 2.87. The summed E-state index contributed by atoms with van der Waals surface area (Å²) >= 11 is 0. The number of carbonyl (C=O) groups excluding carboxylic acids is 1. The van der Waals surface area contributed by atoms with Crippen molar-refractivity contribution in [2.24, 2.45) is 0 Å². The minimum Gasteiger partial charge on any atom is -0.406 e. The van der Waals surface area contributed by atoms with Crippen molar-refractivity contribution in [3.63, 3.8) is 0 Å². The molecule has 0 unspecified atom stereocenters. The fourth-order valence-corrected chi connectivity index (χ4v) is 3.88. The number of nitrogens with one attached hydrogen (secondary N) is 2. The minimum atomic E-state index is -4.85. The Labute approximate surface area is 214 Å². The van der Waals surface area contributed by atoms with Gasteiger partial charge in [0.15, 0.2) is 5.82 Å². The Bertz CT molecular complexity index is 1580. The topological polar surface area (TPSA) is 109 Å². The van der Waals surface area contributed by atoms with Crippen LogP contribution < -0.4 is 21.2 Å². The van der Waals surface area contributed by atoms with Crippen molar-refractivity contribution >= 4 is 28.2 Å². The number of amides is 1. The SMILES string of the molecule is CN(C)C(=O)CCCc1cc[nH]c(=O)c1Nc1nn(-c2ccc(OC(F)(F)F)cc2)c(=O)c2ccccc12. The molecule has 1 amide bonds. The number of alkyl halides is 3. The van der Waals surface area contributed by atoms with Crippen LogP contribution in [0.15, 0.2) is 70.4 Å². The number of fused-ring (bicyclic) bond motifs is 1. The minimum absolute atomic E-state index is 0.0317. The lowest BCUT2D eigenvalue weighted by Crippen LogP contribution is -2.24. The Morgan fingerprint density at radius 3 is 2.39 bits per heavy atom. The Hall–Kier alpha value is -4.61. The van der Waals surface area contributed by atoms with E-state index in [1.165, 1.54) is 23.2 Å². The molecule has 0 bridgehead atoms. The summed E-state index contributed by atoms with van der Waals surface area (Å²) in [6.45, 7) is 0. The van der Waals surface area contributed by atoms with Gasteiger partial charge in [-0.3, -0.25) is 14.4 Å². The van der Waals surface area contributed by atoms with Gasteiger partial charge in [0, 0.05) is 32.1 Å². The molecule has 0 fully saturated rings.